The van der Waals surface area contributed by atoms with Crippen molar-refractivity contribution in [2.75, 3.05) is 13.7 Å². The van der Waals surface area contributed by atoms with Crippen molar-refractivity contribution in [3.63, 3.8) is 0 Å². The number of benzene rings is 1. The molecule has 16 heavy (non-hydrogen) atoms. The molecular weight excluding hydrogens is 216 g/mol. The summed E-state index contributed by atoms with van der Waals surface area (Å²) in [5, 5.41) is 10.5. The summed E-state index contributed by atoms with van der Waals surface area (Å²) in [5.74, 6) is -0.234. The maximum absolute atomic E-state index is 10.5. The van der Waals surface area contributed by atoms with Crippen LogP contribution in [0.5, 0.6) is 11.5 Å². The number of ether oxygens (including phenoxy) is 2. The van der Waals surface area contributed by atoms with E-state index in [0.29, 0.717) is 0 Å². The van der Waals surface area contributed by atoms with Crippen LogP contribution in [0.3, 0.4) is 0 Å². The van der Waals surface area contributed by atoms with E-state index in [0.717, 1.165) is 0 Å². The number of non-ortho nitro benzene ring substituents is 1. The fourth-order valence-electron chi connectivity index (χ4n) is 1.04. The minimum atomic E-state index is -0.639. The summed E-state index contributed by atoms with van der Waals surface area (Å²) in [6, 6.07) is 3.80. The molecule has 2 N–H and O–H groups in total. The van der Waals surface area contributed by atoms with Crippen LogP contribution in [-0.2, 0) is 4.79 Å². The number of primary amides is 1. The molecule has 7 nitrogen and oxygen atoms in total. The number of nitrogens with zero attached hydrogens (tertiary/aromatic N) is 1. The lowest BCUT2D eigenvalue weighted by molar-refractivity contribution is -0.384. The number of carbonyl (C=O) groups excluding carboxylic acids is 1. The van der Waals surface area contributed by atoms with Crippen LogP contribution in [0, 0.1) is 10.1 Å². The number of nitro groups is 1. The quantitative estimate of drug-likeness (QED) is 0.580. The van der Waals surface area contributed by atoms with Crippen molar-refractivity contribution in [1.82, 2.24) is 0 Å². The van der Waals surface area contributed by atoms with Gasteiger partial charge in [0.15, 0.2) is 18.1 Å². The zero-order chi connectivity index (χ0) is 12.1. The van der Waals surface area contributed by atoms with Crippen LogP contribution in [0.4, 0.5) is 5.69 Å². The first kappa shape index (κ1) is 11.8. The molecular formula is C9H10N2O5. The van der Waals surface area contributed by atoms with Gasteiger partial charge >= 0.3 is 0 Å². The number of nitro benzene ring substituents is 1. The predicted octanol–water partition coefficient (Wildman–Crippen LogP) is 0.467. The van der Waals surface area contributed by atoms with E-state index >= 15 is 0 Å². The molecule has 0 aliphatic rings. The lowest BCUT2D eigenvalue weighted by Gasteiger charge is -2.08. The lowest BCUT2D eigenvalue weighted by atomic mass is 10.3. The van der Waals surface area contributed by atoms with Crippen molar-refractivity contribution < 1.29 is 19.2 Å². The van der Waals surface area contributed by atoms with Gasteiger partial charge in [-0.3, -0.25) is 14.9 Å². The zero-order valence-electron chi connectivity index (χ0n) is 8.50. The minimum Gasteiger partial charge on any atom is -0.493 e. The summed E-state index contributed by atoms with van der Waals surface area (Å²) in [4.78, 5) is 20.4. The van der Waals surface area contributed by atoms with E-state index in [1.54, 1.807) is 0 Å². The minimum absolute atomic E-state index is 0.122. The molecule has 0 aliphatic carbocycles. The van der Waals surface area contributed by atoms with Crippen LogP contribution in [0.15, 0.2) is 18.2 Å². The fraction of sp³-hybridized carbons (Fsp3) is 0.222. The maximum Gasteiger partial charge on any atom is 0.273 e. The molecule has 1 aromatic rings. The van der Waals surface area contributed by atoms with E-state index in [2.05, 4.69) is 0 Å². The third kappa shape index (κ3) is 2.84. The van der Waals surface area contributed by atoms with Gasteiger partial charge in [-0.15, -0.1) is 0 Å². The Hall–Kier alpha value is -2.31. The average molecular weight is 226 g/mol. The van der Waals surface area contributed by atoms with Crippen LogP contribution in [0.2, 0.25) is 0 Å². The number of hydrogen-bond donors (Lipinski definition) is 1. The fourth-order valence-corrected chi connectivity index (χ4v) is 1.04. The van der Waals surface area contributed by atoms with Gasteiger partial charge in [0.05, 0.1) is 18.1 Å². The number of carbonyl (C=O) groups is 1. The van der Waals surface area contributed by atoms with Gasteiger partial charge in [-0.2, -0.15) is 0 Å². The molecule has 0 unspecified atom stereocenters. The molecule has 0 spiro atoms. The molecule has 7 heteroatoms. The predicted molar refractivity (Wildman–Crippen MR) is 54.3 cm³/mol. The van der Waals surface area contributed by atoms with Gasteiger partial charge in [-0.1, -0.05) is 0 Å². The third-order valence-corrected chi connectivity index (χ3v) is 1.73. The van der Waals surface area contributed by atoms with Gasteiger partial charge in [0.25, 0.3) is 11.6 Å². The van der Waals surface area contributed by atoms with Gasteiger partial charge in [0, 0.05) is 6.07 Å². The first-order chi connectivity index (χ1) is 7.54. The van der Waals surface area contributed by atoms with Gasteiger partial charge in [0.1, 0.15) is 0 Å². The van der Waals surface area contributed by atoms with E-state index < -0.39 is 10.8 Å². The van der Waals surface area contributed by atoms with E-state index in [1.807, 2.05) is 0 Å². The molecule has 0 aromatic heterocycles. The van der Waals surface area contributed by atoms with Crippen LogP contribution < -0.4 is 15.2 Å². The molecule has 0 heterocycles. The Morgan fingerprint density at radius 3 is 2.69 bits per heavy atom. The normalized spacial score (nSPS) is 9.56. The number of hydrogen-bond acceptors (Lipinski definition) is 5. The summed E-state index contributed by atoms with van der Waals surface area (Å²) >= 11 is 0. The smallest absolute Gasteiger partial charge is 0.273 e. The van der Waals surface area contributed by atoms with Crippen molar-refractivity contribution in [2.45, 2.75) is 0 Å². The standard InChI is InChI=1S/C9H10N2O5/c1-15-8-4-6(11(13)14)2-3-7(8)16-5-9(10)12/h2-4H,5H2,1H3,(H2,10,12). The highest BCUT2D eigenvalue weighted by molar-refractivity contribution is 5.75. The van der Waals surface area contributed by atoms with Gasteiger partial charge in [-0.05, 0) is 6.07 Å². The van der Waals surface area contributed by atoms with E-state index in [1.165, 1.54) is 25.3 Å². The van der Waals surface area contributed by atoms with E-state index in [-0.39, 0.29) is 23.8 Å². The first-order valence-electron chi connectivity index (χ1n) is 4.28. The highest BCUT2D eigenvalue weighted by Crippen LogP contribution is 2.30. The summed E-state index contributed by atoms with van der Waals surface area (Å²) in [7, 11) is 1.34. The number of amides is 1. The second-order valence-electron chi connectivity index (χ2n) is 2.85. The van der Waals surface area contributed by atoms with Crippen molar-refractivity contribution in [2.24, 2.45) is 5.73 Å². The molecule has 1 rings (SSSR count). The summed E-state index contributed by atoms with van der Waals surface area (Å²) in [5.41, 5.74) is 4.78. The molecule has 0 bridgehead atoms. The van der Waals surface area contributed by atoms with Crippen molar-refractivity contribution in [3.05, 3.63) is 28.3 Å². The molecule has 1 amide bonds. The highest BCUT2D eigenvalue weighted by Gasteiger charge is 2.12. The molecule has 0 saturated heterocycles. The molecule has 0 aliphatic heterocycles. The van der Waals surface area contributed by atoms with E-state index in [9.17, 15) is 14.9 Å². The topological polar surface area (TPSA) is 105 Å². The Bertz CT molecular complexity index is 418. The largest absolute Gasteiger partial charge is 0.493 e. The zero-order valence-corrected chi connectivity index (χ0v) is 8.50. The van der Waals surface area contributed by atoms with Gasteiger partial charge in [0.2, 0.25) is 0 Å². The third-order valence-electron chi connectivity index (χ3n) is 1.73. The molecule has 0 saturated carbocycles. The van der Waals surface area contributed by atoms with Crippen LogP contribution in [0.25, 0.3) is 0 Å². The Morgan fingerprint density at radius 1 is 1.50 bits per heavy atom. The molecule has 0 fully saturated rings. The Labute approximate surface area is 90.9 Å². The van der Waals surface area contributed by atoms with Crippen molar-refractivity contribution in [3.8, 4) is 11.5 Å². The van der Waals surface area contributed by atoms with Crippen molar-refractivity contribution >= 4 is 11.6 Å². The second kappa shape index (κ2) is 4.96. The lowest BCUT2D eigenvalue weighted by Crippen LogP contribution is -2.20. The number of nitrogens with two attached hydrogens (primary N) is 1. The van der Waals surface area contributed by atoms with Crippen molar-refractivity contribution in [1.29, 1.82) is 0 Å². The monoisotopic (exact) mass is 226 g/mol. The van der Waals surface area contributed by atoms with Gasteiger partial charge < -0.3 is 15.2 Å². The SMILES string of the molecule is COc1cc([N+](=O)[O-])ccc1OCC(N)=O. The van der Waals surface area contributed by atoms with Crippen LogP contribution >= 0.6 is 0 Å². The Morgan fingerprint density at radius 2 is 2.19 bits per heavy atom. The highest BCUT2D eigenvalue weighted by atomic mass is 16.6. The molecule has 86 valence electrons. The Kier molecular flexibility index (Phi) is 3.65. The summed E-state index contributed by atoms with van der Waals surface area (Å²) in [6.45, 7) is -0.311. The first-order valence-corrected chi connectivity index (χ1v) is 4.28. The van der Waals surface area contributed by atoms with Crippen LogP contribution in [0.1, 0.15) is 0 Å². The molecule has 1 aromatic carbocycles. The number of rotatable bonds is 5. The van der Waals surface area contributed by atoms with Gasteiger partial charge in [-0.25, -0.2) is 0 Å². The molecule has 0 radical (unpaired) electrons. The van der Waals surface area contributed by atoms with E-state index in [4.69, 9.17) is 15.2 Å². The number of methoxy groups -OCH3 is 1. The van der Waals surface area contributed by atoms with Crippen LogP contribution in [-0.4, -0.2) is 24.5 Å². The summed E-state index contributed by atoms with van der Waals surface area (Å²) < 4.78 is 9.89. The molecule has 0 atom stereocenters. The maximum atomic E-state index is 10.5. The summed E-state index contributed by atoms with van der Waals surface area (Å²) in [6.07, 6.45) is 0. The second-order valence-corrected chi connectivity index (χ2v) is 2.85. The Balaban J connectivity index is 2.93. The average Bonchev–Trinajstić information content (AvgIpc) is 2.25.